The molecule has 1 saturated heterocycles. The highest BCUT2D eigenvalue weighted by molar-refractivity contribution is 6.21. The van der Waals surface area contributed by atoms with Gasteiger partial charge in [-0.15, -0.1) is 11.6 Å². The second-order valence-electron chi connectivity index (χ2n) is 4.55. The van der Waals surface area contributed by atoms with Gasteiger partial charge in [-0.05, 0) is 24.5 Å². The Morgan fingerprint density at radius 3 is 2.82 bits per heavy atom. The minimum Gasteiger partial charge on any atom is -0.507 e. The van der Waals surface area contributed by atoms with Gasteiger partial charge in [-0.3, -0.25) is 4.79 Å². The molecular formula is C13H16ClNO2. The number of piperidine rings is 1. The van der Waals surface area contributed by atoms with E-state index in [1.165, 1.54) is 6.07 Å². The van der Waals surface area contributed by atoms with E-state index in [0.717, 1.165) is 6.42 Å². The third-order valence-corrected chi connectivity index (χ3v) is 3.86. The first kappa shape index (κ1) is 12.2. The van der Waals surface area contributed by atoms with Crippen molar-refractivity contribution in [1.29, 1.82) is 0 Å². The molecular weight excluding hydrogens is 238 g/mol. The van der Waals surface area contributed by atoms with Gasteiger partial charge in [0.05, 0.1) is 10.9 Å². The molecule has 1 amide bonds. The highest BCUT2D eigenvalue weighted by atomic mass is 35.5. The van der Waals surface area contributed by atoms with E-state index in [-0.39, 0.29) is 17.0 Å². The molecule has 0 aromatic heterocycles. The van der Waals surface area contributed by atoms with E-state index < -0.39 is 0 Å². The minimum absolute atomic E-state index is 0.00134. The molecule has 0 saturated carbocycles. The Morgan fingerprint density at radius 2 is 2.18 bits per heavy atom. The van der Waals surface area contributed by atoms with Crippen LogP contribution in [0.25, 0.3) is 0 Å². The highest BCUT2D eigenvalue weighted by Crippen LogP contribution is 2.25. The molecule has 92 valence electrons. The maximum atomic E-state index is 12.2. The van der Waals surface area contributed by atoms with Gasteiger partial charge >= 0.3 is 0 Å². The van der Waals surface area contributed by atoms with Crippen LogP contribution in [-0.4, -0.2) is 34.4 Å². The zero-order valence-corrected chi connectivity index (χ0v) is 10.5. The number of aromatic hydroxyl groups is 1. The van der Waals surface area contributed by atoms with Crippen molar-refractivity contribution in [1.82, 2.24) is 4.90 Å². The van der Waals surface area contributed by atoms with Crippen LogP contribution in [0.1, 0.15) is 23.7 Å². The molecule has 1 aromatic rings. The van der Waals surface area contributed by atoms with E-state index in [4.69, 9.17) is 11.6 Å². The van der Waals surface area contributed by atoms with Crippen molar-refractivity contribution < 1.29 is 9.90 Å². The molecule has 2 unspecified atom stereocenters. The van der Waals surface area contributed by atoms with Crippen LogP contribution >= 0.6 is 11.6 Å². The van der Waals surface area contributed by atoms with E-state index in [2.05, 4.69) is 6.92 Å². The molecule has 0 radical (unpaired) electrons. The summed E-state index contributed by atoms with van der Waals surface area (Å²) in [5.41, 5.74) is 0.353. The fourth-order valence-electron chi connectivity index (χ4n) is 2.03. The summed E-state index contributed by atoms with van der Waals surface area (Å²) in [5, 5.41) is 9.65. The second kappa shape index (κ2) is 4.96. The molecule has 1 aromatic carbocycles. The summed E-state index contributed by atoms with van der Waals surface area (Å²) in [4.78, 5) is 13.9. The van der Waals surface area contributed by atoms with Gasteiger partial charge in [-0.2, -0.15) is 0 Å². The highest BCUT2D eigenvalue weighted by Gasteiger charge is 2.28. The second-order valence-corrected chi connectivity index (χ2v) is 5.11. The molecule has 3 nitrogen and oxygen atoms in total. The quantitative estimate of drug-likeness (QED) is 0.782. The smallest absolute Gasteiger partial charge is 0.257 e. The van der Waals surface area contributed by atoms with Crippen LogP contribution in [0, 0.1) is 5.92 Å². The molecule has 1 aliphatic heterocycles. The summed E-state index contributed by atoms with van der Waals surface area (Å²) in [7, 11) is 0. The Morgan fingerprint density at radius 1 is 1.47 bits per heavy atom. The maximum Gasteiger partial charge on any atom is 0.257 e. The van der Waals surface area contributed by atoms with Crippen LogP contribution in [0.2, 0.25) is 0 Å². The van der Waals surface area contributed by atoms with Gasteiger partial charge in [0.1, 0.15) is 5.75 Å². The van der Waals surface area contributed by atoms with Crippen LogP contribution < -0.4 is 0 Å². The van der Waals surface area contributed by atoms with E-state index in [0.29, 0.717) is 24.6 Å². The summed E-state index contributed by atoms with van der Waals surface area (Å²) >= 11 is 6.18. The molecule has 2 atom stereocenters. The number of phenols is 1. The molecule has 1 heterocycles. The van der Waals surface area contributed by atoms with Crippen molar-refractivity contribution in [3.8, 4) is 5.75 Å². The molecule has 2 rings (SSSR count). The standard InChI is InChI=1S/C13H16ClNO2/c1-9-6-7-15(8-11(9)14)13(17)10-4-2-3-5-12(10)16/h2-5,9,11,16H,6-8H2,1H3. The average molecular weight is 254 g/mol. The summed E-state index contributed by atoms with van der Waals surface area (Å²) in [6.45, 7) is 3.35. The Bertz CT molecular complexity index is 422. The van der Waals surface area contributed by atoms with Crippen molar-refractivity contribution in [2.45, 2.75) is 18.7 Å². The first-order valence-corrected chi connectivity index (χ1v) is 6.24. The van der Waals surface area contributed by atoms with Crippen LogP contribution in [0.3, 0.4) is 0 Å². The summed E-state index contributed by atoms with van der Waals surface area (Å²) in [6, 6.07) is 6.61. The molecule has 17 heavy (non-hydrogen) atoms. The molecule has 0 bridgehead atoms. The number of hydrogen-bond acceptors (Lipinski definition) is 2. The number of rotatable bonds is 1. The topological polar surface area (TPSA) is 40.5 Å². The third-order valence-electron chi connectivity index (χ3n) is 3.29. The first-order valence-electron chi connectivity index (χ1n) is 5.81. The monoisotopic (exact) mass is 253 g/mol. The molecule has 1 N–H and O–H groups in total. The van der Waals surface area contributed by atoms with E-state index in [1.54, 1.807) is 23.1 Å². The van der Waals surface area contributed by atoms with Gasteiger partial charge < -0.3 is 10.0 Å². The predicted molar refractivity (Wildman–Crippen MR) is 67.4 cm³/mol. The van der Waals surface area contributed by atoms with Crippen LogP contribution in [0.4, 0.5) is 0 Å². The maximum absolute atomic E-state index is 12.2. The summed E-state index contributed by atoms with van der Waals surface area (Å²) < 4.78 is 0. The molecule has 0 spiro atoms. The number of carbonyl (C=O) groups is 1. The van der Waals surface area contributed by atoms with Crippen molar-refractivity contribution in [3.63, 3.8) is 0 Å². The number of para-hydroxylation sites is 1. The largest absolute Gasteiger partial charge is 0.507 e. The van der Waals surface area contributed by atoms with Gasteiger partial charge in [0.25, 0.3) is 5.91 Å². The number of phenolic OH excluding ortho intramolecular Hbond substituents is 1. The molecule has 1 aliphatic rings. The number of carbonyl (C=O) groups excluding carboxylic acids is 1. The lowest BCUT2D eigenvalue weighted by Crippen LogP contribution is -2.43. The number of benzene rings is 1. The number of amides is 1. The number of likely N-dealkylation sites (tertiary alicyclic amines) is 1. The Kier molecular flexibility index (Phi) is 3.57. The lowest BCUT2D eigenvalue weighted by molar-refractivity contribution is 0.0698. The summed E-state index contributed by atoms with van der Waals surface area (Å²) in [6.07, 6.45) is 0.910. The van der Waals surface area contributed by atoms with Crippen molar-refractivity contribution >= 4 is 17.5 Å². The van der Waals surface area contributed by atoms with Gasteiger partial charge in [-0.25, -0.2) is 0 Å². The zero-order chi connectivity index (χ0) is 12.4. The van der Waals surface area contributed by atoms with Gasteiger partial charge in [0, 0.05) is 13.1 Å². The van der Waals surface area contributed by atoms with Gasteiger partial charge in [0.2, 0.25) is 0 Å². The van der Waals surface area contributed by atoms with Crippen LogP contribution in [0.15, 0.2) is 24.3 Å². The fraction of sp³-hybridized carbons (Fsp3) is 0.462. The number of nitrogens with zero attached hydrogens (tertiary/aromatic N) is 1. The lowest BCUT2D eigenvalue weighted by atomic mass is 9.98. The van der Waals surface area contributed by atoms with Crippen molar-refractivity contribution in [2.75, 3.05) is 13.1 Å². The predicted octanol–water partition coefficient (Wildman–Crippen LogP) is 2.48. The lowest BCUT2D eigenvalue weighted by Gasteiger charge is -2.34. The van der Waals surface area contributed by atoms with E-state index in [1.807, 2.05) is 0 Å². The number of hydrogen-bond donors (Lipinski definition) is 1. The van der Waals surface area contributed by atoms with Gasteiger partial charge in [0.15, 0.2) is 0 Å². The number of halogens is 1. The first-order chi connectivity index (χ1) is 8.09. The minimum atomic E-state index is -0.138. The Labute approximate surface area is 106 Å². The molecule has 0 aliphatic carbocycles. The fourth-order valence-corrected chi connectivity index (χ4v) is 2.32. The number of alkyl halides is 1. The Hall–Kier alpha value is -1.22. The normalized spacial score (nSPS) is 24.7. The average Bonchev–Trinajstić information content (AvgIpc) is 2.32. The van der Waals surface area contributed by atoms with Crippen molar-refractivity contribution in [2.24, 2.45) is 5.92 Å². The van der Waals surface area contributed by atoms with Crippen molar-refractivity contribution in [3.05, 3.63) is 29.8 Å². The van der Waals surface area contributed by atoms with Crippen LogP contribution in [-0.2, 0) is 0 Å². The zero-order valence-electron chi connectivity index (χ0n) is 9.77. The molecule has 4 heteroatoms. The van der Waals surface area contributed by atoms with Gasteiger partial charge in [-0.1, -0.05) is 19.1 Å². The molecule has 1 fully saturated rings. The Balaban J connectivity index is 2.14. The van der Waals surface area contributed by atoms with E-state index >= 15 is 0 Å². The van der Waals surface area contributed by atoms with Crippen LogP contribution in [0.5, 0.6) is 5.75 Å². The third kappa shape index (κ3) is 2.55. The summed E-state index contributed by atoms with van der Waals surface area (Å²) in [5.74, 6) is 0.327. The SMILES string of the molecule is CC1CCN(C(=O)c2ccccc2O)CC1Cl. The van der Waals surface area contributed by atoms with E-state index in [9.17, 15) is 9.90 Å².